The second-order valence-electron chi connectivity index (χ2n) is 7.23. The number of aryl methyl sites for hydroxylation is 1. The van der Waals surface area contributed by atoms with Gasteiger partial charge in [0.25, 0.3) is 0 Å². The summed E-state index contributed by atoms with van der Waals surface area (Å²) in [6.07, 6.45) is 1.51. The molecule has 32 heavy (non-hydrogen) atoms. The molecule has 1 aromatic heterocycles. The predicted molar refractivity (Wildman–Crippen MR) is 122 cm³/mol. The van der Waals surface area contributed by atoms with Crippen molar-refractivity contribution in [2.75, 3.05) is 0 Å². The molecular formula is C25H14Cl2O5. The average Bonchev–Trinajstić information content (AvgIpc) is 3.32. The number of furan rings is 1. The molecule has 1 aliphatic rings. The lowest BCUT2D eigenvalue weighted by atomic mass is 10.0. The van der Waals surface area contributed by atoms with Gasteiger partial charge in [-0.3, -0.25) is 4.79 Å². The van der Waals surface area contributed by atoms with Crippen LogP contribution in [0.4, 0.5) is 0 Å². The van der Waals surface area contributed by atoms with E-state index < -0.39 is 5.97 Å². The maximum atomic E-state index is 12.9. The van der Waals surface area contributed by atoms with E-state index in [1.165, 1.54) is 12.1 Å². The summed E-state index contributed by atoms with van der Waals surface area (Å²) >= 11 is 12.4. The number of carbonyl (C=O) groups excluding carboxylic acids is 2. The Morgan fingerprint density at radius 2 is 1.75 bits per heavy atom. The first-order valence-electron chi connectivity index (χ1n) is 9.64. The van der Waals surface area contributed by atoms with Crippen molar-refractivity contribution in [2.24, 2.45) is 0 Å². The Labute approximate surface area is 192 Å². The van der Waals surface area contributed by atoms with Crippen LogP contribution in [0.25, 0.3) is 17.0 Å². The molecule has 4 aromatic rings. The van der Waals surface area contributed by atoms with Crippen LogP contribution in [0.15, 0.2) is 70.8 Å². The third-order valence-corrected chi connectivity index (χ3v) is 5.72. The number of allylic oxidation sites excluding steroid dienone is 1. The molecule has 0 radical (unpaired) electrons. The topological polar surface area (TPSA) is 65.7 Å². The molecular weight excluding hydrogens is 451 g/mol. The van der Waals surface area contributed by atoms with E-state index in [-0.39, 0.29) is 28.8 Å². The van der Waals surface area contributed by atoms with Gasteiger partial charge >= 0.3 is 5.97 Å². The molecule has 0 spiro atoms. The molecule has 158 valence electrons. The molecule has 0 N–H and O–H groups in total. The molecule has 0 aliphatic carbocycles. The Kier molecular flexibility index (Phi) is 5.00. The number of benzene rings is 3. The molecule has 0 bridgehead atoms. The van der Waals surface area contributed by atoms with Crippen LogP contribution in [0, 0.1) is 6.92 Å². The quantitative estimate of drug-likeness (QED) is 0.187. The van der Waals surface area contributed by atoms with Crippen LogP contribution in [0.5, 0.6) is 11.5 Å². The van der Waals surface area contributed by atoms with E-state index in [0.29, 0.717) is 32.3 Å². The van der Waals surface area contributed by atoms with Gasteiger partial charge in [-0.05, 0) is 48.9 Å². The summed E-state index contributed by atoms with van der Waals surface area (Å²) in [5, 5.41) is 1.59. The molecule has 5 nitrogen and oxygen atoms in total. The molecule has 0 saturated heterocycles. The molecule has 7 heteroatoms. The van der Waals surface area contributed by atoms with Gasteiger partial charge in [0, 0.05) is 27.1 Å². The van der Waals surface area contributed by atoms with Crippen molar-refractivity contribution in [3.8, 4) is 11.5 Å². The summed E-state index contributed by atoms with van der Waals surface area (Å²) in [4.78, 5) is 25.5. The number of ether oxygens (including phenoxy) is 2. The fourth-order valence-electron chi connectivity index (χ4n) is 3.56. The van der Waals surface area contributed by atoms with Crippen LogP contribution in [-0.2, 0) is 0 Å². The van der Waals surface area contributed by atoms with Gasteiger partial charge in [0.05, 0.1) is 5.56 Å². The van der Waals surface area contributed by atoms with E-state index in [1.807, 2.05) is 18.2 Å². The number of halogens is 2. The summed E-state index contributed by atoms with van der Waals surface area (Å²) in [6.45, 7) is 1.74. The van der Waals surface area contributed by atoms with Gasteiger partial charge in [0.15, 0.2) is 5.76 Å². The predicted octanol–water partition coefficient (Wildman–Crippen LogP) is 6.88. The number of hydrogen-bond acceptors (Lipinski definition) is 5. The Morgan fingerprint density at radius 3 is 2.50 bits per heavy atom. The van der Waals surface area contributed by atoms with Gasteiger partial charge < -0.3 is 13.9 Å². The van der Waals surface area contributed by atoms with E-state index in [0.717, 1.165) is 5.39 Å². The van der Waals surface area contributed by atoms with Crippen molar-refractivity contribution >= 4 is 52.0 Å². The van der Waals surface area contributed by atoms with Crippen molar-refractivity contribution in [1.29, 1.82) is 0 Å². The first-order chi connectivity index (χ1) is 15.4. The van der Waals surface area contributed by atoms with Gasteiger partial charge in [0.2, 0.25) is 11.5 Å². The highest BCUT2D eigenvalue weighted by molar-refractivity contribution is 6.37. The molecule has 0 amide bonds. The number of Topliss-reactive ketones (excluding diaryl/α,β-unsaturated/α-hetero) is 1. The Bertz CT molecular complexity index is 1390. The van der Waals surface area contributed by atoms with Crippen molar-refractivity contribution in [3.63, 3.8) is 0 Å². The molecule has 0 unspecified atom stereocenters. The molecule has 3 aromatic carbocycles. The monoisotopic (exact) mass is 464 g/mol. The number of carbonyl (C=O) groups is 2. The zero-order chi connectivity index (χ0) is 22.4. The smallest absolute Gasteiger partial charge is 0.379 e. The van der Waals surface area contributed by atoms with Gasteiger partial charge in [-0.2, -0.15) is 0 Å². The van der Waals surface area contributed by atoms with Gasteiger partial charge in [-0.15, -0.1) is 0 Å². The first-order valence-corrected chi connectivity index (χ1v) is 10.4. The van der Waals surface area contributed by atoms with Crippen molar-refractivity contribution in [2.45, 2.75) is 6.92 Å². The Balaban J connectivity index is 1.44. The molecule has 5 rings (SSSR count). The molecule has 0 atom stereocenters. The van der Waals surface area contributed by atoms with E-state index in [4.69, 9.17) is 37.1 Å². The van der Waals surface area contributed by atoms with Crippen molar-refractivity contribution in [3.05, 3.63) is 98.9 Å². The van der Waals surface area contributed by atoms with Crippen molar-refractivity contribution < 1.29 is 23.5 Å². The van der Waals surface area contributed by atoms with E-state index in [1.54, 1.807) is 43.3 Å². The minimum Gasteiger partial charge on any atom is -0.452 e. The zero-order valence-electron chi connectivity index (χ0n) is 16.6. The third kappa shape index (κ3) is 3.55. The van der Waals surface area contributed by atoms with E-state index >= 15 is 0 Å². The summed E-state index contributed by atoms with van der Waals surface area (Å²) in [5.41, 5.74) is 2.07. The van der Waals surface area contributed by atoms with E-state index in [9.17, 15) is 9.59 Å². The first kappa shape index (κ1) is 20.4. The molecule has 0 fully saturated rings. The largest absolute Gasteiger partial charge is 0.452 e. The number of hydrogen-bond donors (Lipinski definition) is 0. The second kappa shape index (κ2) is 7.86. The Hall–Kier alpha value is -3.54. The Morgan fingerprint density at radius 1 is 1.00 bits per heavy atom. The second-order valence-corrected chi connectivity index (χ2v) is 8.04. The number of para-hydroxylation sites is 1. The van der Waals surface area contributed by atoms with Crippen LogP contribution >= 0.6 is 23.2 Å². The van der Waals surface area contributed by atoms with Gasteiger partial charge in [-0.25, -0.2) is 4.79 Å². The van der Waals surface area contributed by atoms with E-state index in [2.05, 4.69) is 0 Å². The van der Waals surface area contributed by atoms with Crippen LogP contribution in [-0.4, -0.2) is 11.8 Å². The SMILES string of the molecule is Cc1cc(OC(=O)c2cc3ccccc3o2)cc2c1C(=O)/C(=C/c1c(Cl)cccc1Cl)O2. The number of rotatable bonds is 3. The normalized spacial score (nSPS) is 14.0. The minimum atomic E-state index is -0.650. The molecule has 2 heterocycles. The maximum Gasteiger partial charge on any atom is 0.379 e. The summed E-state index contributed by atoms with van der Waals surface area (Å²) < 4.78 is 16.8. The third-order valence-electron chi connectivity index (χ3n) is 5.06. The van der Waals surface area contributed by atoms with Crippen LogP contribution in [0.3, 0.4) is 0 Å². The van der Waals surface area contributed by atoms with Gasteiger partial charge in [0.1, 0.15) is 17.1 Å². The number of esters is 1. The number of fused-ring (bicyclic) bond motifs is 2. The lowest BCUT2D eigenvalue weighted by molar-refractivity contribution is 0.0703. The minimum absolute atomic E-state index is 0.0790. The van der Waals surface area contributed by atoms with Crippen LogP contribution < -0.4 is 9.47 Å². The summed E-state index contributed by atoms with van der Waals surface area (Å²) in [7, 11) is 0. The van der Waals surface area contributed by atoms with Crippen LogP contribution in [0.2, 0.25) is 10.0 Å². The highest BCUT2D eigenvalue weighted by Crippen LogP contribution is 2.39. The summed E-state index contributed by atoms with van der Waals surface area (Å²) in [6, 6.07) is 17.1. The van der Waals surface area contributed by atoms with Crippen molar-refractivity contribution in [1.82, 2.24) is 0 Å². The van der Waals surface area contributed by atoms with Gasteiger partial charge in [-0.1, -0.05) is 47.5 Å². The fraction of sp³-hybridized carbons (Fsp3) is 0.0400. The average molecular weight is 465 g/mol. The fourth-order valence-corrected chi connectivity index (χ4v) is 4.06. The molecule has 0 saturated carbocycles. The maximum absolute atomic E-state index is 12.9. The number of ketones is 1. The lowest BCUT2D eigenvalue weighted by Gasteiger charge is -2.06. The highest BCUT2D eigenvalue weighted by Gasteiger charge is 2.31. The summed E-state index contributed by atoms with van der Waals surface area (Å²) in [5.74, 6) is -0.269. The van der Waals surface area contributed by atoms with Crippen LogP contribution in [0.1, 0.15) is 32.0 Å². The lowest BCUT2D eigenvalue weighted by Crippen LogP contribution is -2.07. The standard InChI is InChI=1S/C25H14Cl2O5/c1-13-9-15(30-25(29)22-10-14-5-2-3-8-19(14)31-22)11-20-23(13)24(28)21(32-20)12-16-17(26)6-4-7-18(16)27/h2-12H,1H3/b21-12-. The molecule has 1 aliphatic heterocycles. The highest BCUT2D eigenvalue weighted by atomic mass is 35.5. The zero-order valence-corrected chi connectivity index (χ0v) is 18.2.